The lowest BCUT2D eigenvalue weighted by Crippen LogP contribution is -1.88. The van der Waals surface area contributed by atoms with E-state index in [1.807, 2.05) is 18.2 Å². The number of halogens is 3. The fraction of sp³-hybridized carbons (Fsp3) is 0.125. The Morgan fingerprint density at radius 3 is 2.67 bits per heavy atom. The molecule has 12 heavy (non-hydrogen) atoms. The van der Waals surface area contributed by atoms with Gasteiger partial charge >= 0.3 is 0 Å². The van der Waals surface area contributed by atoms with Gasteiger partial charge in [0.2, 0.25) is 0 Å². The molecule has 1 rings (SSSR count). The first-order chi connectivity index (χ1) is 5.34. The lowest BCUT2D eigenvalue weighted by atomic mass is 10.3. The molecule has 0 aliphatic carbocycles. The van der Waals surface area contributed by atoms with Crippen molar-refractivity contribution in [1.29, 1.82) is 0 Å². The molecule has 1 nitrogen and oxygen atoms in total. The minimum Gasteiger partial charge on any atom is -0.259 e. The normalized spacial score (nSPS) is 12.5. The van der Waals surface area contributed by atoms with E-state index in [1.165, 1.54) is 5.54 Å². The van der Waals surface area contributed by atoms with Crippen molar-refractivity contribution in [2.24, 2.45) is 0 Å². The number of pyridine rings is 1. The van der Waals surface area contributed by atoms with Crippen LogP contribution >= 0.6 is 35.6 Å². The van der Waals surface area contributed by atoms with Crippen LogP contribution in [0, 0.1) is 0 Å². The van der Waals surface area contributed by atoms with Gasteiger partial charge in [0.1, 0.15) is 0 Å². The molecule has 0 saturated heterocycles. The average molecular weight is 225 g/mol. The number of nitrogens with zero attached hydrogens (tertiary/aromatic N) is 1. The topological polar surface area (TPSA) is 12.9 Å². The summed E-state index contributed by atoms with van der Waals surface area (Å²) in [5.41, 5.74) is 2.21. The van der Waals surface area contributed by atoms with E-state index < -0.39 is 0 Å². The Morgan fingerprint density at radius 2 is 2.17 bits per heavy atom. The molecule has 4 heteroatoms. The number of alkyl halides is 1. The van der Waals surface area contributed by atoms with Crippen LogP contribution < -0.4 is 0 Å². The minimum atomic E-state index is -0.228. The molecule has 0 N–H and O–H groups in total. The third-order valence-electron chi connectivity index (χ3n) is 1.21. The van der Waals surface area contributed by atoms with Crippen LogP contribution in [0.4, 0.5) is 0 Å². The largest absolute Gasteiger partial charge is 0.259 e. The SMILES string of the molecule is Cl.ClC=CC(Cl)c1ccccn1. The third kappa shape index (κ3) is 3.44. The van der Waals surface area contributed by atoms with Crippen LogP contribution in [-0.4, -0.2) is 4.98 Å². The summed E-state index contributed by atoms with van der Waals surface area (Å²) < 4.78 is 0. The van der Waals surface area contributed by atoms with E-state index in [0.29, 0.717) is 0 Å². The van der Waals surface area contributed by atoms with Crippen LogP contribution in [0.2, 0.25) is 0 Å². The molecule has 1 unspecified atom stereocenters. The van der Waals surface area contributed by atoms with E-state index in [9.17, 15) is 0 Å². The minimum absolute atomic E-state index is 0. The molecule has 0 aromatic carbocycles. The molecule has 1 aromatic rings. The van der Waals surface area contributed by atoms with Crippen molar-refractivity contribution in [3.63, 3.8) is 0 Å². The molecule has 0 saturated carbocycles. The monoisotopic (exact) mass is 223 g/mol. The maximum Gasteiger partial charge on any atom is 0.0948 e. The van der Waals surface area contributed by atoms with Crippen LogP contribution in [0.15, 0.2) is 36.0 Å². The van der Waals surface area contributed by atoms with E-state index in [2.05, 4.69) is 4.98 Å². The molecule has 1 aromatic heterocycles. The van der Waals surface area contributed by atoms with Crippen molar-refractivity contribution in [1.82, 2.24) is 4.98 Å². The van der Waals surface area contributed by atoms with Crippen molar-refractivity contribution < 1.29 is 0 Å². The van der Waals surface area contributed by atoms with Crippen molar-refractivity contribution in [3.05, 3.63) is 41.7 Å². The number of hydrogen-bond donors (Lipinski definition) is 0. The molecule has 1 atom stereocenters. The Balaban J connectivity index is 0.00000121. The van der Waals surface area contributed by atoms with Gasteiger partial charge in [0.25, 0.3) is 0 Å². The molecule has 0 bridgehead atoms. The highest BCUT2D eigenvalue weighted by Gasteiger charge is 2.02. The summed E-state index contributed by atoms with van der Waals surface area (Å²) in [5.74, 6) is 0. The van der Waals surface area contributed by atoms with Crippen molar-refractivity contribution >= 4 is 35.6 Å². The predicted octanol–water partition coefficient (Wildman–Crippen LogP) is 3.54. The quantitative estimate of drug-likeness (QED) is 0.700. The van der Waals surface area contributed by atoms with Crippen LogP contribution in [0.5, 0.6) is 0 Å². The fourth-order valence-electron chi connectivity index (χ4n) is 0.702. The molecule has 0 spiro atoms. The third-order valence-corrected chi connectivity index (χ3v) is 1.73. The number of aromatic nitrogens is 1. The Bertz CT molecular complexity index is 235. The van der Waals surface area contributed by atoms with E-state index >= 15 is 0 Å². The molecular weight excluding hydrogens is 216 g/mol. The lowest BCUT2D eigenvalue weighted by Gasteiger charge is -2.00. The van der Waals surface area contributed by atoms with Gasteiger partial charge in [-0.2, -0.15) is 0 Å². The van der Waals surface area contributed by atoms with Gasteiger partial charge in [0.05, 0.1) is 11.1 Å². The lowest BCUT2D eigenvalue weighted by molar-refractivity contribution is 1.08. The maximum absolute atomic E-state index is 5.87. The molecule has 1 heterocycles. The summed E-state index contributed by atoms with van der Waals surface area (Å²) >= 11 is 11.2. The van der Waals surface area contributed by atoms with Crippen molar-refractivity contribution in [2.75, 3.05) is 0 Å². The van der Waals surface area contributed by atoms with Gasteiger partial charge < -0.3 is 0 Å². The Hall–Kier alpha value is -0.240. The van der Waals surface area contributed by atoms with Gasteiger partial charge in [-0.3, -0.25) is 4.98 Å². The molecule has 0 aliphatic heterocycles. The van der Waals surface area contributed by atoms with E-state index in [4.69, 9.17) is 23.2 Å². The second-order valence-corrected chi connectivity index (χ2v) is 2.70. The van der Waals surface area contributed by atoms with Crippen LogP contribution in [-0.2, 0) is 0 Å². The Labute approximate surface area is 87.8 Å². The van der Waals surface area contributed by atoms with Gasteiger partial charge in [0.15, 0.2) is 0 Å². The van der Waals surface area contributed by atoms with Gasteiger partial charge in [-0.15, -0.1) is 24.0 Å². The average Bonchev–Trinajstić information content (AvgIpc) is 2.07. The van der Waals surface area contributed by atoms with E-state index in [1.54, 1.807) is 12.3 Å². The summed E-state index contributed by atoms with van der Waals surface area (Å²) in [6.07, 6.45) is 3.37. The van der Waals surface area contributed by atoms with Gasteiger partial charge in [-0.25, -0.2) is 0 Å². The smallest absolute Gasteiger partial charge is 0.0948 e. The van der Waals surface area contributed by atoms with Gasteiger partial charge in [0, 0.05) is 11.7 Å². The summed E-state index contributed by atoms with van der Waals surface area (Å²) in [4.78, 5) is 4.06. The molecular formula is C8H8Cl3N. The Kier molecular flexibility index (Phi) is 6.17. The fourth-order valence-corrected chi connectivity index (χ4v) is 1.12. The highest BCUT2D eigenvalue weighted by atomic mass is 35.5. The number of allylic oxidation sites excluding steroid dienone is 1. The molecule has 0 radical (unpaired) electrons. The molecule has 0 aliphatic rings. The summed E-state index contributed by atoms with van der Waals surface area (Å²) in [5, 5.41) is -0.228. The summed E-state index contributed by atoms with van der Waals surface area (Å²) in [6, 6.07) is 5.59. The first kappa shape index (κ1) is 11.8. The first-order valence-electron chi connectivity index (χ1n) is 3.16. The molecule has 0 fully saturated rings. The zero-order valence-corrected chi connectivity index (χ0v) is 8.48. The Morgan fingerprint density at radius 1 is 1.42 bits per heavy atom. The second kappa shape index (κ2) is 6.30. The highest BCUT2D eigenvalue weighted by Crippen LogP contribution is 2.18. The molecule has 66 valence electrons. The van der Waals surface area contributed by atoms with Crippen LogP contribution in [0.3, 0.4) is 0 Å². The molecule has 0 amide bonds. The zero-order valence-electron chi connectivity index (χ0n) is 6.15. The number of rotatable bonds is 2. The van der Waals surface area contributed by atoms with Crippen molar-refractivity contribution in [2.45, 2.75) is 5.38 Å². The van der Waals surface area contributed by atoms with Crippen LogP contribution in [0.25, 0.3) is 0 Å². The van der Waals surface area contributed by atoms with Gasteiger partial charge in [-0.1, -0.05) is 17.7 Å². The van der Waals surface area contributed by atoms with E-state index in [-0.39, 0.29) is 17.8 Å². The first-order valence-corrected chi connectivity index (χ1v) is 4.04. The predicted molar refractivity (Wildman–Crippen MR) is 55.1 cm³/mol. The van der Waals surface area contributed by atoms with Crippen LogP contribution in [0.1, 0.15) is 11.1 Å². The second-order valence-electron chi connectivity index (χ2n) is 1.97. The van der Waals surface area contributed by atoms with E-state index in [0.717, 1.165) is 5.69 Å². The van der Waals surface area contributed by atoms with Crippen molar-refractivity contribution in [3.8, 4) is 0 Å². The highest BCUT2D eigenvalue weighted by molar-refractivity contribution is 6.27. The summed E-state index contributed by atoms with van der Waals surface area (Å²) in [7, 11) is 0. The van der Waals surface area contributed by atoms with Gasteiger partial charge in [-0.05, 0) is 18.2 Å². The zero-order chi connectivity index (χ0) is 8.10. The standard InChI is InChI=1S/C8H7Cl2N.ClH/c9-5-4-7(10)8-3-1-2-6-11-8;/h1-7H;1H. The maximum atomic E-state index is 5.87. The summed E-state index contributed by atoms with van der Waals surface area (Å²) in [6.45, 7) is 0. The number of hydrogen-bond acceptors (Lipinski definition) is 1.